The summed E-state index contributed by atoms with van der Waals surface area (Å²) in [6, 6.07) is 21.3. The number of anilines is 1. The molecule has 9 heteroatoms. The van der Waals surface area contributed by atoms with Crippen molar-refractivity contribution in [2.45, 2.75) is 51.1 Å². The van der Waals surface area contributed by atoms with Gasteiger partial charge in [0.2, 0.25) is 11.8 Å². The molecule has 0 radical (unpaired) electrons. The molecule has 1 atom stereocenters. The lowest BCUT2D eigenvalue weighted by molar-refractivity contribution is -0.139. The molecule has 0 aliphatic rings. The van der Waals surface area contributed by atoms with Crippen LogP contribution >= 0.6 is 11.6 Å². The van der Waals surface area contributed by atoms with E-state index in [1.165, 1.54) is 29.2 Å². The number of carbonyl (C=O) groups excluding carboxylic acids is 2. The van der Waals surface area contributed by atoms with E-state index in [-0.39, 0.29) is 17.3 Å². The Kier molecular flexibility index (Phi) is 10.3. The lowest BCUT2D eigenvalue weighted by Gasteiger charge is -2.32. The molecule has 0 aliphatic carbocycles. The van der Waals surface area contributed by atoms with E-state index in [1.807, 2.05) is 37.3 Å². The third-order valence-electron chi connectivity index (χ3n) is 6.26. The number of benzene rings is 3. The zero-order valence-electron chi connectivity index (χ0n) is 21.9. The fourth-order valence-electron chi connectivity index (χ4n) is 3.99. The molecule has 3 rings (SSSR count). The smallest absolute Gasteiger partial charge is 0.264 e. The molecule has 0 bridgehead atoms. The number of aryl methyl sites for hydroxylation is 1. The topological polar surface area (TPSA) is 86.8 Å². The largest absolute Gasteiger partial charge is 0.354 e. The molecule has 0 heterocycles. The molecule has 2 amide bonds. The van der Waals surface area contributed by atoms with Crippen LogP contribution in [0, 0.1) is 6.92 Å². The zero-order valence-corrected chi connectivity index (χ0v) is 23.5. The summed E-state index contributed by atoms with van der Waals surface area (Å²) in [7, 11) is -4.13. The molecule has 1 N–H and O–H groups in total. The molecule has 0 saturated heterocycles. The third-order valence-corrected chi connectivity index (χ3v) is 8.28. The fraction of sp³-hybridized carbons (Fsp3) is 0.310. The lowest BCUT2D eigenvalue weighted by Crippen LogP contribution is -2.51. The fourth-order valence-corrected chi connectivity index (χ4v) is 5.59. The van der Waals surface area contributed by atoms with E-state index in [4.69, 9.17) is 11.6 Å². The number of nitrogens with zero attached hydrogens (tertiary/aromatic N) is 2. The molecule has 0 spiro atoms. The zero-order chi connectivity index (χ0) is 27.7. The number of unbranched alkanes of at least 4 members (excludes halogenated alkanes) is 1. The van der Waals surface area contributed by atoms with Crippen LogP contribution in [0.3, 0.4) is 0 Å². The third kappa shape index (κ3) is 7.36. The van der Waals surface area contributed by atoms with Gasteiger partial charge in [-0.15, -0.1) is 0 Å². The summed E-state index contributed by atoms with van der Waals surface area (Å²) >= 11 is 5.99. The highest BCUT2D eigenvalue weighted by Gasteiger charge is 2.33. The summed E-state index contributed by atoms with van der Waals surface area (Å²) in [5.41, 5.74) is 1.91. The minimum Gasteiger partial charge on any atom is -0.354 e. The molecule has 0 saturated carbocycles. The number of amides is 2. The van der Waals surface area contributed by atoms with E-state index in [0.717, 1.165) is 22.7 Å². The lowest BCUT2D eigenvalue weighted by atomic mass is 10.1. The summed E-state index contributed by atoms with van der Waals surface area (Å²) in [6.07, 6.45) is 1.75. The van der Waals surface area contributed by atoms with Crippen LogP contribution in [0.1, 0.15) is 37.8 Å². The average Bonchev–Trinajstić information content (AvgIpc) is 2.91. The van der Waals surface area contributed by atoms with Gasteiger partial charge in [0.05, 0.1) is 10.6 Å². The number of para-hydroxylation sites is 1. The molecule has 202 valence electrons. The quantitative estimate of drug-likeness (QED) is 0.312. The molecule has 3 aromatic carbocycles. The molecule has 0 aromatic heterocycles. The Bertz CT molecular complexity index is 1330. The van der Waals surface area contributed by atoms with Gasteiger partial charge in [0, 0.05) is 18.1 Å². The van der Waals surface area contributed by atoms with Gasteiger partial charge in [0.1, 0.15) is 12.6 Å². The normalized spacial score (nSPS) is 12.0. The predicted octanol–water partition coefficient (Wildman–Crippen LogP) is 5.18. The number of rotatable bonds is 12. The molecule has 3 aromatic rings. The summed E-state index contributed by atoms with van der Waals surface area (Å²) in [5.74, 6) is -0.779. The first-order valence-corrected chi connectivity index (χ1v) is 14.4. The van der Waals surface area contributed by atoms with Crippen LogP contribution in [0.15, 0.2) is 83.8 Å². The SMILES string of the molecule is CCCCNC(=O)[C@@H](C)N(Cc1ccccc1)C(=O)CN(c1ccccc1C)S(=O)(=O)c1ccc(Cl)cc1. The molecule has 38 heavy (non-hydrogen) atoms. The molecule has 0 fully saturated rings. The Morgan fingerprint density at radius 1 is 0.947 bits per heavy atom. The first kappa shape index (κ1) is 29.2. The van der Waals surface area contributed by atoms with Crippen LogP contribution in [-0.2, 0) is 26.2 Å². The van der Waals surface area contributed by atoms with Gasteiger partial charge in [0.25, 0.3) is 10.0 Å². The van der Waals surface area contributed by atoms with Crippen molar-refractivity contribution in [3.05, 3.63) is 95.0 Å². The van der Waals surface area contributed by atoms with Crippen LogP contribution < -0.4 is 9.62 Å². The van der Waals surface area contributed by atoms with E-state index in [2.05, 4.69) is 5.32 Å². The van der Waals surface area contributed by atoms with Gasteiger partial charge >= 0.3 is 0 Å². The number of nitrogens with one attached hydrogen (secondary N) is 1. The highest BCUT2D eigenvalue weighted by molar-refractivity contribution is 7.92. The van der Waals surface area contributed by atoms with Gasteiger partial charge in [0.15, 0.2) is 0 Å². The van der Waals surface area contributed by atoms with E-state index in [9.17, 15) is 18.0 Å². The van der Waals surface area contributed by atoms with Crippen LogP contribution in [0.2, 0.25) is 5.02 Å². The summed E-state index contributed by atoms with van der Waals surface area (Å²) in [5, 5.41) is 3.29. The van der Waals surface area contributed by atoms with Crippen LogP contribution in [0.4, 0.5) is 5.69 Å². The molecule has 0 unspecified atom stereocenters. The van der Waals surface area contributed by atoms with Gasteiger partial charge in [-0.3, -0.25) is 13.9 Å². The standard InChI is InChI=1S/C29H34ClN3O4S/c1-4-5-19-31-29(35)23(3)32(20-24-12-7-6-8-13-24)28(34)21-33(27-14-10-9-11-22(27)2)38(36,37)26-17-15-25(30)16-18-26/h6-18,23H,4-5,19-21H2,1-3H3,(H,31,35)/t23-/m1/s1. The van der Waals surface area contributed by atoms with E-state index in [0.29, 0.717) is 22.8 Å². The molecule has 7 nitrogen and oxygen atoms in total. The highest BCUT2D eigenvalue weighted by Crippen LogP contribution is 2.28. The van der Waals surface area contributed by atoms with Crippen LogP contribution in [-0.4, -0.2) is 44.3 Å². The number of halogens is 1. The molecule has 0 aliphatic heterocycles. The van der Waals surface area contributed by atoms with Crippen molar-refractivity contribution in [1.82, 2.24) is 10.2 Å². The van der Waals surface area contributed by atoms with Crippen molar-refractivity contribution in [2.75, 3.05) is 17.4 Å². The summed E-state index contributed by atoms with van der Waals surface area (Å²) in [6.45, 7) is 5.67. The highest BCUT2D eigenvalue weighted by atomic mass is 35.5. The van der Waals surface area contributed by atoms with Gasteiger partial charge in [-0.1, -0.05) is 73.5 Å². The van der Waals surface area contributed by atoms with Crippen molar-refractivity contribution in [3.63, 3.8) is 0 Å². The van der Waals surface area contributed by atoms with E-state index >= 15 is 0 Å². The Labute approximate surface area is 230 Å². The predicted molar refractivity (Wildman–Crippen MR) is 152 cm³/mol. The van der Waals surface area contributed by atoms with Gasteiger partial charge in [-0.2, -0.15) is 0 Å². The Morgan fingerprint density at radius 3 is 2.21 bits per heavy atom. The van der Waals surface area contributed by atoms with E-state index in [1.54, 1.807) is 38.1 Å². The van der Waals surface area contributed by atoms with Crippen LogP contribution in [0.5, 0.6) is 0 Å². The first-order valence-electron chi connectivity index (χ1n) is 12.6. The van der Waals surface area contributed by atoms with Gasteiger partial charge < -0.3 is 10.2 Å². The maximum atomic E-state index is 13.9. The maximum Gasteiger partial charge on any atom is 0.264 e. The maximum absolute atomic E-state index is 13.9. The second-order valence-corrected chi connectivity index (χ2v) is 11.4. The molecular formula is C29H34ClN3O4S. The second kappa shape index (κ2) is 13.4. The summed E-state index contributed by atoms with van der Waals surface area (Å²) in [4.78, 5) is 28.3. The Morgan fingerprint density at radius 2 is 1.58 bits per heavy atom. The van der Waals surface area contributed by atoms with Crippen LogP contribution in [0.25, 0.3) is 0 Å². The summed E-state index contributed by atoms with van der Waals surface area (Å²) < 4.78 is 28.8. The second-order valence-electron chi connectivity index (χ2n) is 9.08. The minimum atomic E-state index is -4.13. The monoisotopic (exact) mass is 555 g/mol. The number of carbonyl (C=O) groups is 2. The van der Waals surface area contributed by atoms with Crippen molar-refractivity contribution in [3.8, 4) is 0 Å². The number of sulfonamides is 1. The first-order chi connectivity index (χ1) is 18.1. The number of hydrogen-bond donors (Lipinski definition) is 1. The Hall–Kier alpha value is -3.36. The van der Waals surface area contributed by atoms with Crippen molar-refractivity contribution in [2.24, 2.45) is 0 Å². The molecular weight excluding hydrogens is 522 g/mol. The van der Waals surface area contributed by atoms with Crippen molar-refractivity contribution >= 4 is 39.1 Å². The van der Waals surface area contributed by atoms with E-state index < -0.39 is 28.5 Å². The number of hydrogen-bond acceptors (Lipinski definition) is 4. The van der Waals surface area contributed by atoms with Crippen molar-refractivity contribution in [1.29, 1.82) is 0 Å². The van der Waals surface area contributed by atoms with Gasteiger partial charge in [-0.05, 0) is 61.7 Å². The Balaban J connectivity index is 1.99. The minimum absolute atomic E-state index is 0.0120. The van der Waals surface area contributed by atoms with Crippen molar-refractivity contribution < 1.29 is 18.0 Å². The van der Waals surface area contributed by atoms with Gasteiger partial charge in [-0.25, -0.2) is 8.42 Å². The average molecular weight is 556 g/mol.